The molecule has 0 unspecified atom stereocenters. The third-order valence-electron chi connectivity index (χ3n) is 3.84. The molecule has 0 bridgehead atoms. The maximum absolute atomic E-state index is 12.2. The van der Waals surface area contributed by atoms with Crippen LogP contribution in [0.3, 0.4) is 0 Å². The van der Waals surface area contributed by atoms with Gasteiger partial charge in [0.25, 0.3) is 0 Å². The second kappa shape index (κ2) is 6.35. The summed E-state index contributed by atoms with van der Waals surface area (Å²) in [6.07, 6.45) is 3.59. The second-order valence-corrected chi connectivity index (χ2v) is 5.94. The number of aromatic nitrogens is 1. The maximum atomic E-state index is 12.2. The van der Waals surface area contributed by atoms with E-state index >= 15 is 0 Å². The van der Waals surface area contributed by atoms with Gasteiger partial charge in [0.2, 0.25) is 5.91 Å². The number of pyridine rings is 1. The second-order valence-electron chi connectivity index (χ2n) is 5.94. The zero-order chi connectivity index (χ0) is 14.7. The van der Waals surface area contributed by atoms with Crippen LogP contribution < -0.4 is 4.90 Å². The van der Waals surface area contributed by atoms with Gasteiger partial charge in [0, 0.05) is 18.7 Å². The SMILES string of the molecule is Cc1cc(C)c2c(n1)N(CCCCN(C)C)C(=O)CC2. The van der Waals surface area contributed by atoms with Crippen molar-refractivity contribution in [3.05, 3.63) is 22.9 Å². The average molecular weight is 275 g/mol. The molecule has 1 amide bonds. The highest BCUT2D eigenvalue weighted by Crippen LogP contribution is 2.29. The van der Waals surface area contributed by atoms with E-state index in [0.29, 0.717) is 6.42 Å². The third-order valence-corrected chi connectivity index (χ3v) is 3.84. The summed E-state index contributed by atoms with van der Waals surface area (Å²) in [5.74, 6) is 1.13. The molecule has 1 aliphatic rings. The molecular formula is C16H25N3O. The Labute approximate surface area is 121 Å². The van der Waals surface area contributed by atoms with Crippen LogP contribution in [0.1, 0.15) is 36.1 Å². The van der Waals surface area contributed by atoms with Gasteiger partial charge >= 0.3 is 0 Å². The lowest BCUT2D eigenvalue weighted by Crippen LogP contribution is -2.37. The van der Waals surface area contributed by atoms with Crippen molar-refractivity contribution < 1.29 is 4.79 Å². The Morgan fingerprint density at radius 1 is 1.25 bits per heavy atom. The van der Waals surface area contributed by atoms with Crippen molar-refractivity contribution in [2.24, 2.45) is 0 Å². The molecule has 4 nitrogen and oxygen atoms in total. The molecule has 20 heavy (non-hydrogen) atoms. The van der Waals surface area contributed by atoms with Gasteiger partial charge in [-0.1, -0.05) is 0 Å². The van der Waals surface area contributed by atoms with E-state index in [4.69, 9.17) is 0 Å². The van der Waals surface area contributed by atoms with Crippen molar-refractivity contribution in [2.45, 2.75) is 39.5 Å². The molecule has 0 saturated heterocycles. The molecule has 0 spiro atoms. The normalized spacial score (nSPS) is 14.8. The lowest BCUT2D eigenvalue weighted by atomic mass is 9.99. The van der Waals surface area contributed by atoms with E-state index in [1.54, 1.807) is 0 Å². The number of anilines is 1. The van der Waals surface area contributed by atoms with Crippen molar-refractivity contribution in [3.8, 4) is 0 Å². The van der Waals surface area contributed by atoms with Gasteiger partial charge in [0.1, 0.15) is 5.82 Å². The maximum Gasteiger partial charge on any atom is 0.228 e. The van der Waals surface area contributed by atoms with Gasteiger partial charge in [-0.05, 0) is 70.9 Å². The highest BCUT2D eigenvalue weighted by atomic mass is 16.2. The minimum Gasteiger partial charge on any atom is -0.309 e. The van der Waals surface area contributed by atoms with Gasteiger partial charge in [0.15, 0.2) is 0 Å². The van der Waals surface area contributed by atoms with Gasteiger partial charge < -0.3 is 4.90 Å². The van der Waals surface area contributed by atoms with E-state index in [2.05, 4.69) is 37.0 Å². The van der Waals surface area contributed by atoms with Crippen LogP contribution in [0.25, 0.3) is 0 Å². The fourth-order valence-electron chi connectivity index (χ4n) is 2.79. The zero-order valence-corrected chi connectivity index (χ0v) is 13.1. The number of carbonyl (C=O) groups excluding carboxylic acids is 1. The van der Waals surface area contributed by atoms with Crippen molar-refractivity contribution in [1.82, 2.24) is 9.88 Å². The summed E-state index contributed by atoms with van der Waals surface area (Å²) in [6, 6.07) is 2.11. The van der Waals surface area contributed by atoms with Gasteiger partial charge in [0.05, 0.1) is 0 Å². The minimum atomic E-state index is 0.222. The van der Waals surface area contributed by atoms with E-state index in [-0.39, 0.29) is 5.91 Å². The molecule has 110 valence electrons. The van der Waals surface area contributed by atoms with Crippen LogP contribution in [0, 0.1) is 13.8 Å². The number of aryl methyl sites for hydroxylation is 2. The van der Waals surface area contributed by atoms with E-state index in [1.165, 1.54) is 11.1 Å². The molecule has 0 aliphatic carbocycles. The van der Waals surface area contributed by atoms with Crippen LogP contribution in [0.15, 0.2) is 6.07 Å². The van der Waals surface area contributed by atoms with E-state index < -0.39 is 0 Å². The molecule has 1 aromatic rings. The first kappa shape index (κ1) is 15.0. The Kier molecular flexibility index (Phi) is 4.76. The number of hydrogen-bond donors (Lipinski definition) is 0. The molecule has 2 rings (SSSR count). The Morgan fingerprint density at radius 2 is 2.00 bits per heavy atom. The summed E-state index contributed by atoms with van der Waals surface area (Å²) in [6.45, 7) is 5.97. The topological polar surface area (TPSA) is 36.4 Å². The van der Waals surface area contributed by atoms with Crippen molar-refractivity contribution in [1.29, 1.82) is 0 Å². The molecule has 0 fully saturated rings. The first-order chi connectivity index (χ1) is 9.49. The number of fused-ring (bicyclic) bond motifs is 1. The Balaban J connectivity index is 2.11. The summed E-state index contributed by atoms with van der Waals surface area (Å²) in [5, 5.41) is 0. The van der Waals surface area contributed by atoms with Crippen LogP contribution in [-0.4, -0.2) is 43.0 Å². The number of rotatable bonds is 5. The molecule has 4 heteroatoms. The number of hydrogen-bond acceptors (Lipinski definition) is 3. The summed E-state index contributed by atoms with van der Waals surface area (Å²) >= 11 is 0. The lowest BCUT2D eigenvalue weighted by Gasteiger charge is -2.29. The van der Waals surface area contributed by atoms with Gasteiger partial charge in [-0.2, -0.15) is 0 Å². The van der Waals surface area contributed by atoms with Crippen molar-refractivity contribution >= 4 is 11.7 Å². The molecule has 0 aromatic carbocycles. The molecule has 0 radical (unpaired) electrons. The standard InChI is InChI=1S/C16H25N3O/c1-12-11-13(2)17-16-14(12)7-8-15(20)19(16)10-6-5-9-18(3)4/h11H,5-10H2,1-4H3. The predicted octanol–water partition coefficient (Wildman–Crippen LogP) is 2.32. The van der Waals surface area contributed by atoms with Gasteiger partial charge in [-0.15, -0.1) is 0 Å². The van der Waals surface area contributed by atoms with Crippen LogP contribution in [0.2, 0.25) is 0 Å². The first-order valence-corrected chi connectivity index (χ1v) is 7.41. The number of nitrogens with zero attached hydrogens (tertiary/aromatic N) is 3. The molecule has 2 heterocycles. The molecule has 1 aromatic heterocycles. The van der Waals surface area contributed by atoms with Crippen LogP contribution in [0.4, 0.5) is 5.82 Å². The van der Waals surface area contributed by atoms with E-state index in [0.717, 1.165) is 43.9 Å². The number of carbonyl (C=O) groups is 1. The van der Waals surface area contributed by atoms with E-state index in [9.17, 15) is 4.79 Å². The van der Waals surface area contributed by atoms with Crippen LogP contribution >= 0.6 is 0 Å². The monoisotopic (exact) mass is 275 g/mol. The van der Waals surface area contributed by atoms with E-state index in [1.807, 2.05) is 11.8 Å². The number of amides is 1. The molecular weight excluding hydrogens is 250 g/mol. The molecule has 0 saturated carbocycles. The first-order valence-electron chi connectivity index (χ1n) is 7.41. The fourth-order valence-corrected chi connectivity index (χ4v) is 2.79. The predicted molar refractivity (Wildman–Crippen MR) is 82.2 cm³/mol. The molecule has 0 N–H and O–H groups in total. The van der Waals surface area contributed by atoms with Crippen molar-refractivity contribution in [2.75, 3.05) is 32.1 Å². The Bertz CT molecular complexity index is 497. The van der Waals surface area contributed by atoms with Gasteiger partial charge in [-0.25, -0.2) is 4.98 Å². The smallest absolute Gasteiger partial charge is 0.228 e. The highest BCUT2D eigenvalue weighted by Gasteiger charge is 2.26. The lowest BCUT2D eigenvalue weighted by molar-refractivity contribution is -0.119. The summed E-state index contributed by atoms with van der Waals surface area (Å²) in [5.41, 5.74) is 3.51. The fraction of sp³-hybridized carbons (Fsp3) is 0.625. The van der Waals surface area contributed by atoms with Crippen LogP contribution in [-0.2, 0) is 11.2 Å². The quantitative estimate of drug-likeness (QED) is 0.774. The summed E-state index contributed by atoms with van der Waals surface area (Å²) < 4.78 is 0. The highest BCUT2D eigenvalue weighted by molar-refractivity contribution is 5.95. The summed E-state index contributed by atoms with van der Waals surface area (Å²) in [4.78, 5) is 20.9. The average Bonchev–Trinajstić information content (AvgIpc) is 2.36. The molecule has 1 aliphatic heterocycles. The Morgan fingerprint density at radius 3 is 2.70 bits per heavy atom. The number of unbranched alkanes of at least 4 members (excludes halogenated alkanes) is 1. The van der Waals surface area contributed by atoms with Crippen molar-refractivity contribution in [3.63, 3.8) is 0 Å². The third kappa shape index (κ3) is 3.37. The molecule has 0 atom stereocenters. The zero-order valence-electron chi connectivity index (χ0n) is 13.1. The Hall–Kier alpha value is -1.42. The van der Waals surface area contributed by atoms with Crippen LogP contribution in [0.5, 0.6) is 0 Å². The minimum absolute atomic E-state index is 0.222. The van der Waals surface area contributed by atoms with Gasteiger partial charge in [-0.3, -0.25) is 9.69 Å². The summed E-state index contributed by atoms with van der Waals surface area (Å²) in [7, 11) is 4.16. The largest absolute Gasteiger partial charge is 0.309 e.